The second kappa shape index (κ2) is 10.8. The molecule has 0 radical (unpaired) electrons. The minimum absolute atomic E-state index is 0.292. The van der Waals surface area contributed by atoms with Crippen LogP contribution in [0.1, 0.15) is 16.7 Å². The molecule has 0 fully saturated rings. The molecule has 3 aromatic rings. The third-order valence-electron chi connectivity index (χ3n) is 4.21. The average molecular weight is 484 g/mol. The fourth-order valence-corrected chi connectivity index (χ4v) is 3.62. The second-order valence-corrected chi connectivity index (χ2v) is 7.89. The summed E-state index contributed by atoms with van der Waals surface area (Å²) in [7, 11) is 1.58. The summed E-state index contributed by atoms with van der Waals surface area (Å²) in [4.78, 5) is 0. The van der Waals surface area contributed by atoms with Gasteiger partial charge in [-0.2, -0.15) is 5.10 Å². The van der Waals surface area contributed by atoms with Crippen molar-refractivity contribution in [1.82, 2.24) is 5.43 Å². The van der Waals surface area contributed by atoms with Crippen molar-refractivity contribution in [1.29, 1.82) is 0 Å². The number of benzene rings is 3. The summed E-state index contributed by atoms with van der Waals surface area (Å²) in [6, 6.07) is 16.2. The van der Waals surface area contributed by atoms with Crippen LogP contribution in [0.2, 0.25) is 20.1 Å². The predicted octanol–water partition coefficient (Wildman–Crippen LogP) is 7.01. The molecule has 4 nitrogen and oxygen atoms in total. The summed E-state index contributed by atoms with van der Waals surface area (Å²) in [5, 5.41) is 6.53. The Bertz CT molecular complexity index is 1040. The SMILES string of the molecule is COc1cc(/C=N/NCc2c(Cl)cccc2Cl)ccc1OCc1ccc(Cl)cc1Cl. The van der Waals surface area contributed by atoms with Crippen molar-refractivity contribution >= 4 is 52.6 Å². The van der Waals surface area contributed by atoms with Crippen LogP contribution in [0.15, 0.2) is 59.7 Å². The molecular formula is C22H18Cl4N2O2. The Balaban J connectivity index is 1.62. The summed E-state index contributed by atoms with van der Waals surface area (Å²) in [6.45, 7) is 0.704. The Kier molecular flexibility index (Phi) is 8.11. The minimum atomic E-state index is 0.292. The van der Waals surface area contributed by atoms with Crippen LogP contribution in [0.25, 0.3) is 0 Å². The standard InChI is InChI=1S/C22H18Cl4N2O2/c1-29-22-9-14(11-27-28-12-17-18(24)3-2-4-19(17)25)5-8-21(22)30-13-15-6-7-16(23)10-20(15)26/h2-11,28H,12-13H2,1H3/b27-11+. The van der Waals surface area contributed by atoms with E-state index < -0.39 is 0 Å². The van der Waals surface area contributed by atoms with Gasteiger partial charge in [0.05, 0.1) is 19.9 Å². The van der Waals surface area contributed by atoms with Crippen LogP contribution in [-0.2, 0) is 13.2 Å². The zero-order valence-electron chi connectivity index (χ0n) is 16.0. The lowest BCUT2D eigenvalue weighted by Crippen LogP contribution is -2.06. The number of hydrazone groups is 1. The van der Waals surface area contributed by atoms with E-state index in [-0.39, 0.29) is 0 Å². The van der Waals surface area contributed by atoms with Gasteiger partial charge in [0.1, 0.15) is 6.61 Å². The van der Waals surface area contributed by atoms with Gasteiger partial charge in [-0.15, -0.1) is 0 Å². The highest BCUT2D eigenvalue weighted by molar-refractivity contribution is 6.36. The first-order valence-corrected chi connectivity index (χ1v) is 10.4. The summed E-state index contributed by atoms with van der Waals surface area (Å²) in [5.74, 6) is 1.18. The molecule has 0 aliphatic carbocycles. The Morgan fingerprint density at radius 2 is 1.67 bits per heavy atom. The molecule has 156 valence electrons. The molecule has 3 aromatic carbocycles. The molecule has 0 aliphatic rings. The highest BCUT2D eigenvalue weighted by Crippen LogP contribution is 2.30. The van der Waals surface area contributed by atoms with Crippen LogP contribution < -0.4 is 14.9 Å². The largest absolute Gasteiger partial charge is 0.493 e. The normalized spacial score (nSPS) is 11.0. The molecule has 0 aliphatic heterocycles. The highest BCUT2D eigenvalue weighted by atomic mass is 35.5. The molecule has 0 amide bonds. The molecule has 0 aromatic heterocycles. The monoisotopic (exact) mass is 482 g/mol. The Morgan fingerprint density at radius 1 is 0.900 bits per heavy atom. The van der Waals surface area contributed by atoms with Crippen LogP contribution in [0, 0.1) is 0 Å². The van der Waals surface area contributed by atoms with Crippen LogP contribution in [0.3, 0.4) is 0 Å². The van der Waals surface area contributed by atoms with Crippen molar-refractivity contribution in [3.05, 3.63) is 91.4 Å². The number of rotatable bonds is 8. The van der Waals surface area contributed by atoms with Gasteiger partial charge in [0, 0.05) is 31.2 Å². The van der Waals surface area contributed by atoms with Crippen LogP contribution in [-0.4, -0.2) is 13.3 Å². The smallest absolute Gasteiger partial charge is 0.161 e. The first-order chi connectivity index (χ1) is 14.5. The molecule has 0 saturated carbocycles. The van der Waals surface area contributed by atoms with Gasteiger partial charge in [0.25, 0.3) is 0 Å². The Labute approximate surface area is 195 Å². The Morgan fingerprint density at radius 3 is 2.37 bits per heavy atom. The minimum Gasteiger partial charge on any atom is -0.493 e. The van der Waals surface area contributed by atoms with Crippen molar-refractivity contribution in [2.45, 2.75) is 13.2 Å². The van der Waals surface area contributed by atoms with Gasteiger partial charge in [0.15, 0.2) is 11.5 Å². The second-order valence-electron chi connectivity index (χ2n) is 6.23. The zero-order chi connectivity index (χ0) is 21.5. The van der Waals surface area contributed by atoms with Crippen LogP contribution in [0.5, 0.6) is 11.5 Å². The van der Waals surface area contributed by atoms with Gasteiger partial charge in [-0.3, -0.25) is 0 Å². The number of nitrogens with zero attached hydrogens (tertiary/aromatic N) is 1. The quantitative estimate of drug-likeness (QED) is 0.276. The summed E-state index contributed by atoms with van der Waals surface area (Å²) < 4.78 is 11.3. The van der Waals surface area contributed by atoms with E-state index in [0.29, 0.717) is 44.7 Å². The molecule has 30 heavy (non-hydrogen) atoms. The fraction of sp³-hybridized carbons (Fsp3) is 0.136. The van der Waals surface area contributed by atoms with Crippen molar-refractivity contribution in [2.75, 3.05) is 7.11 Å². The van der Waals surface area contributed by atoms with Gasteiger partial charge >= 0.3 is 0 Å². The van der Waals surface area contributed by atoms with Gasteiger partial charge in [-0.25, -0.2) is 0 Å². The predicted molar refractivity (Wildman–Crippen MR) is 125 cm³/mol. The summed E-state index contributed by atoms with van der Waals surface area (Å²) >= 11 is 24.4. The van der Waals surface area contributed by atoms with Gasteiger partial charge < -0.3 is 14.9 Å². The number of hydrogen-bond acceptors (Lipinski definition) is 4. The van der Waals surface area contributed by atoms with Crippen molar-refractivity contribution in [3.8, 4) is 11.5 Å². The van der Waals surface area contributed by atoms with E-state index in [1.807, 2.05) is 24.3 Å². The maximum absolute atomic E-state index is 6.19. The van der Waals surface area contributed by atoms with Crippen LogP contribution in [0.4, 0.5) is 0 Å². The maximum atomic E-state index is 6.19. The number of hydrogen-bond donors (Lipinski definition) is 1. The van der Waals surface area contributed by atoms with Gasteiger partial charge in [0.2, 0.25) is 0 Å². The van der Waals surface area contributed by atoms with Gasteiger partial charge in [-0.1, -0.05) is 58.5 Å². The van der Waals surface area contributed by atoms with Crippen molar-refractivity contribution in [3.63, 3.8) is 0 Å². The Hall–Kier alpha value is -2.11. The fourth-order valence-electron chi connectivity index (χ4n) is 2.62. The molecular weight excluding hydrogens is 466 g/mol. The molecule has 1 N–H and O–H groups in total. The van der Waals surface area contributed by atoms with E-state index in [0.717, 1.165) is 16.7 Å². The number of halogens is 4. The van der Waals surface area contributed by atoms with E-state index in [9.17, 15) is 0 Å². The molecule has 3 rings (SSSR count). The van der Waals surface area contributed by atoms with E-state index in [4.69, 9.17) is 55.9 Å². The third-order valence-corrected chi connectivity index (χ3v) is 5.50. The molecule has 8 heteroatoms. The molecule has 0 atom stereocenters. The molecule has 0 bridgehead atoms. The van der Waals surface area contributed by atoms with E-state index in [2.05, 4.69) is 10.5 Å². The lowest BCUT2D eigenvalue weighted by Gasteiger charge is -2.12. The average Bonchev–Trinajstić information content (AvgIpc) is 2.72. The topological polar surface area (TPSA) is 42.8 Å². The first kappa shape index (κ1) is 22.6. The van der Waals surface area contributed by atoms with Crippen molar-refractivity contribution < 1.29 is 9.47 Å². The van der Waals surface area contributed by atoms with Gasteiger partial charge in [-0.05, 0) is 48.0 Å². The van der Waals surface area contributed by atoms with Crippen LogP contribution >= 0.6 is 46.4 Å². The number of ether oxygens (including phenoxy) is 2. The third kappa shape index (κ3) is 5.96. The molecule has 0 heterocycles. The summed E-state index contributed by atoms with van der Waals surface area (Å²) in [5.41, 5.74) is 5.40. The van der Waals surface area contributed by atoms with E-state index >= 15 is 0 Å². The molecule has 0 unspecified atom stereocenters. The summed E-state index contributed by atoms with van der Waals surface area (Å²) in [6.07, 6.45) is 1.67. The van der Waals surface area contributed by atoms with Crippen molar-refractivity contribution in [2.24, 2.45) is 5.10 Å². The highest BCUT2D eigenvalue weighted by Gasteiger charge is 2.08. The van der Waals surface area contributed by atoms with E-state index in [1.165, 1.54) is 0 Å². The maximum Gasteiger partial charge on any atom is 0.161 e. The lowest BCUT2D eigenvalue weighted by molar-refractivity contribution is 0.284. The molecule has 0 saturated heterocycles. The number of nitrogens with one attached hydrogen (secondary N) is 1. The van der Waals surface area contributed by atoms with E-state index in [1.54, 1.807) is 43.7 Å². The molecule has 0 spiro atoms. The first-order valence-electron chi connectivity index (χ1n) is 8.91. The zero-order valence-corrected chi connectivity index (χ0v) is 19.0. The lowest BCUT2D eigenvalue weighted by atomic mass is 10.2. The number of methoxy groups -OCH3 is 1.